The quantitative estimate of drug-likeness (QED) is 0.675. The Morgan fingerprint density at radius 3 is 2.61 bits per heavy atom. The van der Waals surface area contributed by atoms with E-state index >= 15 is 0 Å². The van der Waals surface area contributed by atoms with Crippen LogP contribution in [0.3, 0.4) is 0 Å². The summed E-state index contributed by atoms with van der Waals surface area (Å²) in [6, 6.07) is 13.6. The van der Waals surface area contributed by atoms with E-state index in [1.54, 1.807) is 12.4 Å². The predicted octanol–water partition coefficient (Wildman–Crippen LogP) is 3.51. The number of hydrogen-bond donors (Lipinski definition) is 0. The van der Waals surface area contributed by atoms with Gasteiger partial charge in [-0.1, -0.05) is 30.3 Å². The van der Waals surface area contributed by atoms with Gasteiger partial charge in [0.2, 0.25) is 0 Å². The highest BCUT2D eigenvalue weighted by atomic mass is 16.5. The van der Waals surface area contributed by atoms with Crippen LogP contribution in [0.5, 0.6) is 0 Å². The van der Waals surface area contributed by atoms with Crippen molar-refractivity contribution in [3.63, 3.8) is 0 Å². The van der Waals surface area contributed by atoms with Crippen molar-refractivity contribution < 1.29 is 13.9 Å². The summed E-state index contributed by atoms with van der Waals surface area (Å²) in [6.45, 7) is 1.63. The van der Waals surface area contributed by atoms with Gasteiger partial charge in [-0.15, -0.1) is 0 Å². The molecule has 3 aromatic rings. The molecule has 5 nitrogen and oxygen atoms in total. The maximum atomic E-state index is 10.9. The van der Waals surface area contributed by atoms with E-state index in [1.165, 1.54) is 6.92 Å². The average molecular weight is 308 g/mol. The molecule has 0 amide bonds. The second-order valence-electron chi connectivity index (χ2n) is 4.98. The Labute approximate surface area is 134 Å². The minimum atomic E-state index is -0.313. The number of carbonyl (C=O) groups excluding carboxylic acids is 1. The second-order valence-corrected chi connectivity index (χ2v) is 4.98. The van der Waals surface area contributed by atoms with Crippen molar-refractivity contribution in [1.29, 1.82) is 0 Å². The number of hydrogen-bond acceptors (Lipinski definition) is 5. The van der Waals surface area contributed by atoms with Crippen molar-refractivity contribution in [1.82, 2.24) is 9.97 Å². The third kappa shape index (κ3) is 3.63. The first-order chi connectivity index (χ1) is 11.2. The number of aromatic nitrogens is 2. The molecule has 0 atom stereocenters. The Morgan fingerprint density at radius 2 is 1.91 bits per heavy atom. The molecule has 1 aromatic carbocycles. The highest BCUT2D eigenvalue weighted by molar-refractivity contribution is 5.76. The zero-order chi connectivity index (χ0) is 16.1. The molecular weight excluding hydrogens is 292 g/mol. The van der Waals surface area contributed by atoms with Crippen LogP contribution in [0.2, 0.25) is 0 Å². The first kappa shape index (κ1) is 15.0. The van der Waals surface area contributed by atoms with Crippen molar-refractivity contribution in [2.75, 3.05) is 6.61 Å². The first-order valence-corrected chi connectivity index (χ1v) is 7.33. The summed E-state index contributed by atoms with van der Waals surface area (Å²) in [4.78, 5) is 19.6. The van der Waals surface area contributed by atoms with Gasteiger partial charge in [-0.25, -0.2) is 4.98 Å². The second kappa shape index (κ2) is 6.87. The maximum Gasteiger partial charge on any atom is 0.302 e. The van der Waals surface area contributed by atoms with Gasteiger partial charge in [0.15, 0.2) is 11.7 Å². The van der Waals surface area contributed by atoms with Crippen molar-refractivity contribution in [2.24, 2.45) is 0 Å². The molecule has 2 heterocycles. The van der Waals surface area contributed by atoms with E-state index in [1.807, 2.05) is 42.5 Å². The number of rotatable bonds is 5. The van der Waals surface area contributed by atoms with Gasteiger partial charge in [-0.05, 0) is 12.1 Å². The Bertz CT molecular complexity index is 726. The fourth-order valence-electron chi connectivity index (χ4n) is 2.24. The molecule has 0 unspecified atom stereocenters. The molecule has 0 aliphatic rings. The number of pyridine rings is 1. The lowest BCUT2D eigenvalue weighted by Gasteiger charge is -2.00. The van der Waals surface area contributed by atoms with Gasteiger partial charge in [-0.2, -0.15) is 0 Å². The molecule has 0 saturated carbocycles. The van der Waals surface area contributed by atoms with Crippen LogP contribution in [-0.2, 0) is 16.0 Å². The van der Waals surface area contributed by atoms with E-state index in [4.69, 9.17) is 9.15 Å². The van der Waals surface area contributed by atoms with Crippen LogP contribution in [0.25, 0.3) is 22.6 Å². The number of carbonyl (C=O) groups is 1. The van der Waals surface area contributed by atoms with Gasteiger partial charge < -0.3 is 9.15 Å². The number of benzene rings is 1. The fraction of sp³-hybridized carbons (Fsp3) is 0.167. The van der Waals surface area contributed by atoms with Crippen LogP contribution < -0.4 is 0 Å². The summed E-state index contributed by atoms with van der Waals surface area (Å²) in [5.41, 5.74) is 2.59. The summed E-state index contributed by atoms with van der Waals surface area (Å²) in [6.07, 6.45) is 3.88. The molecule has 2 aromatic heterocycles. The van der Waals surface area contributed by atoms with E-state index in [9.17, 15) is 4.79 Å². The van der Waals surface area contributed by atoms with Gasteiger partial charge in [-0.3, -0.25) is 9.78 Å². The molecule has 5 heteroatoms. The summed E-state index contributed by atoms with van der Waals surface area (Å²) in [5, 5.41) is 0. The van der Waals surface area contributed by atoms with Gasteiger partial charge >= 0.3 is 5.97 Å². The topological polar surface area (TPSA) is 65.2 Å². The Hall–Kier alpha value is -2.95. The lowest BCUT2D eigenvalue weighted by Crippen LogP contribution is -2.03. The maximum absolute atomic E-state index is 10.9. The lowest BCUT2D eigenvalue weighted by molar-refractivity contribution is -0.140. The van der Waals surface area contributed by atoms with Crippen LogP contribution in [0.15, 0.2) is 59.3 Å². The van der Waals surface area contributed by atoms with Gasteiger partial charge in [0, 0.05) is 30.4 Å². The molecule has 23 heavy (non-hydrogen) atoms. The van der Waals surface area contributed by atoms with Crippen molar-refractivity contribution >= 4 is 5.97 Å². The smallest absolute Gasteiger partial charge is 0.302 e. The number of oxazole rings is 1. The van der Waals surface area contributed by atoms with Crippen LogP contribution in [0.1, 0.15) is 12.8 Å². The van der Waals surface area contributed by atoms with Gasteiger partial charge in [0.05, 0.1) is 13.0 Å². The lowest BCUT2D eigenvalue weighted by atomic mass is 10.1. The molecule has 0 radical (unpaired) electrons. The molecule has 0 fully saturated rings. The SMILES string of the molecule is CC(=O)OCCc1nc(-c2ccccc2)c(-c2cccnc2)o1. The van der Waals surface area contributed by atoms with E-state index in [-0.39, 0.29) is 12.6 Å². The minimum Gasteiger partial charge on any atom is -0.465 e. The number of nitrogens with zero attached hydrogens (tertiary/aromatic N) is 2. The molecule has 0 bridgehead atoms. The molecule has 0 aliphatic carbocycles. The molecule has 0 aliphatic heterocycles. The summed E-state index contributed by atoms with van der Waals surface area (Å²) in [7, 11) is 0. The van der Waals surface area contributed by atoms with Crippen molar-refractivity contribution in [2.45, 2.75) is 13.3 Å². The largest absolute Gasteiger partial charge is 0.465 e. The summed E-state index contributed by atoms with van der Waals surface area (Å²) < 4.78 is 10.8. The van der Waals surface area contributed by atoms with Crippen molar-refractivity contribution in [3.8, 4) is 22.6 Å². The Morgan fingerprint density at radius 1 is 1.13 bits per heavy atom. The Kier molecular flexibility index (Phi) is 4.47. The highest BCUT2D eigenvalue weighted by Gasteiger charge is 2.17. The number of esters is 1. The predicted molar refractivity (Wildman–Crippen MR) is 85.5 cm³/mol. The third-order valence-electron chi connectivity index (χ3n) is 3.26. The van der Waals surface area contributed by atoms with Crippen LogP contribution in [0.4, 0.5) is 0 Å². The molecule has 0 N–H and O–H groups in total. The highest BCUT2D eigenvalue weighted by Crippen LogP contribution is 2.32. The van der Waals surface area contributed by atoms with Crippen LogP contribution in [0, 0.1) is 0 Å². The van der Waals surface area contributed by atoms with Crippen LogP contribution >= 0.6 is 0 Å². The average Bonchev–Trinajstić information content (AvgIpc) is 3.00. The summed E-state index contributed by atoms with van der Waals surface area (Å²) in [5.74, 6) is 0.887. The minimum absolute atomic E-state index is 0.247. The molecular formula is C18H16N2O3. The molecule has 0 spiro atoms. The van der Waals surface area contributed by atoms with Crippen molar-refractivity contribution in [3.05, 3.63) is 60.7 Å². The van der Waals surface area contributed by atoms with E-state index in [0.717, 1.165) is 16.8 Å². The zero-order valence-corrected chi connectivity index (χ0v) is 12.7. The molecule has 0 saturated heterocycles. The van der Waals surface area contributed by atoms with E-state index in [2.05, 4.69) is 9.97 Å². The fourth-order valence-corrected chi connectivity index (χ4v) is 2.24. The monoisotopic (exact) mass is 308 g/mol. The Balaban J connectivity index is 1.96. The van der Waals surface area contributed by atoms with Gasteiger partial charge in [0.1, 0.15) is 5.69 Å². The number of ether oxygens (including phenoxy) is 1. The van der Waals surface area contributed by atoms with E-state index in [0.29, 0.717) is 18.1 Å². The molecule has 116 valence electrons. The zero-order valence-electron chi connectivity index (χ0n) is 12.7. The normalized spacial score (nSPS) is 10.5. The first-order valence-electron chi connectivity index (χ1n) is 7.33. The third-order valence-corrected chi connectivity index (χ3v) is 3.26. The summed E-state index contributed by atoms with van der Waals surface area (Å²) >= 11 is 0. The standard InChI is InChI=1S/C18H16N2O3/c1-13(21)22-11-9-16-20-17(14-6-3-2-4-7-14)18(23-16)15-8-5-10-19-12-15/h2-8,10,12H,9,11H2,1H3. The molecule has 3 rings (SSSR count). The van der Waals surface area contributed by atoms with Gasteiger partial charge in [0.25, 0.3) is 0 Å². The van der Waals surface area contributed by atoms with Crippen LogP contribution in [-0.4, -0.2) is 22.5 Å². The van der Waals surface area contributed by atoms with E-state index < -0.39 is 0 Å².